The summed E-state index contributed by atoms with van der Waals surface area (Å²) in [6.07, 6.45) is 0.563. The van der Waals surface area contributed by atoms with E-state index in [1.54, 1.807) is 18.9 Å². The van der Waals surface area contributed by atoms with Crippen LogP contribution in [-0.2, 0) is 14.4 Å². The zero-order valence-electron chi connectivity index (χ0n) is 21.5. The van der Waals surface area contributed by atoms with Gasteiger partial charge in [0.1, 0.15) is 6.17 Å². The van der Waals surface area contributed by atoms with Crippen LogP contribution in [0.3, 0.4) is 0 Å². The molecule has 0 bridgehead atoms. The van der Waals surface area contributed by atoms with Crippen molar-refractivity contribution in [1.29, 1.82) is 0 Å². The number of rotatable bonds is 2. The summed E-state index contributed by atoms with van der Waals surface area (Å²) in [5.74, 6) is -3.04. The number of benzene rings is 1. The minimum atomic E-state index is -2.28. The Labute approximate surface area is 214 Å². The van der Waals surface area contributed by atoms with Gasteiger partial charge in [0.15, 0.2) is 11.5 Å². The number of nitrogens with zero attached hydrogens (tertiary/aromatic N) is 1. The summed E-state index contributed by atoms with van der Waals surface area (Å²) < 4.78 is 33.3. The van der Waals surface area contributed by atoms with Crippen molar-refractivity contribution in [3.8, 4) is 0 Å². The number of fused-ring (bicyclic) bond motifs is 7. The number of ketones is 1. The van der Waals surface area contributed by atoms with Gasteiger partial charge in [0.05, 0.1) is 18.3 Å². The highest BCUT2D eigenvalue weighted by molar-refractivity contribution is 6.01. The monoisotopic (exact) mass is 513 g/mol. The van der Waals surface area contributed by atoms with E-state index in [1.165, 1.54) is 12.2 Å². The van der Waals surface area contributed by atoms with Gasteiger partial charge in [0, 0.05) is 22.7 Å². The Morgan fingerprint density at radius 1 is 1.16 bits per heavy atom. The molecule has 3 saturated carbocycles. The predicted octanol–water partition coefficient (Wildman–Crippen LogP) is 4.51. The van der Waals surface area contributed by atoms with E-state index in [1.807, 2.05) is 38.1 Å². The van der Waals surface area contributed by atoms with Crippen molar-refractivity contribution in [1.82, 2.24) is 0 Å². The molecule has 1 aliphatic heterocycles. The summed E-state index contributed by atoms with van der Waals surface area (Å²) in [5.41, 5.74) is -5.85. The number of aliphatic carboxylic acids is 1. The van der Waals surface area contributed by atoms with Crippen molar-refractivity contribution in [2.24, 2.45) is 28.1 Å². The van der Waals surface area contributed by atoms with Crippen LogP contribution < -0.4 is 5.06 Å². The van der Waals surface area contributed by atoms with Crippen molar-refractivity contribution < 1.29 is 33.4 Å². The third kappa shape index (κ3) is 2.66. The van der Waals surface area contributed by atoms with Crippen LogP contribution in [0.15, 0.2) is 48.1 Å². The van der Waals surface area contributed by atoms with Crippen LogP contribution in [0.5, 0.6) is 0 Å². The Kier molecular flexibility index (Phi) is 4.87. The molecule has 4 fully saturated rings. The first kappa shape index (κ1) is 24.7. The Bertz CT molecular complexity index is 1260. The molecule has 198 valence electrons. The largest absolute Gasteiger partial charge is 0.479 e. The minimum Gasteiger partial charge on any atom is -0.479 e. The van der Waals surface area contributed by atoms with Crippen LogP contribution >= 0.6 is 0 Å². The van der Waals surface area contributed by atoms with Crippen molar-refractivity contribution in [2.45, 2.75) is 70.5 Å². The Morgan fingerprint density at radius 2 is 1.84 bits per heavy atom. The summed E-state index contributed by atoms with van der Waals surface area (Å²) in [7, 11) is 0. The molecule has 1 aromatic rings. The Balaban J connectivity index is 1.47. The number of hydrogen-bond donors (Lipinski definition) is 2. The minimum absolute atomic E-state index is 0.0536. The number of anilines is 1. The summed E-state index contributed by atoms with van der Waals surface area (Å²) in [6.45, 7) is 7.42. The number of allylic oxidation sites excluding steroid dienone is 4. The van der Waals surface area contributed by atoms with Crippen molar-refractivity contribution in [3.63, 3.8) is 0 Å². The summed E-state index contributed by atoms with van der Waals surface area (Å²) in [6, 6.07) is 7.59. The SMILES string of the molecule is Cc1ccc(N2C[C@@H]3C[C@@]4(C)[C@@H]5C[C@H](F)C6=CC(=O)C=C[C@]6(C)[C@@]5(F)[C@@H](O)C[C@]4(C)[C@]3(C(=O)O)O2)cc1. The molecule has 0 radical (unpaired) electrons. The van der Waals surface area contributed by atoms with Crippen LogP contribution in [0.1, 0.15) is 45.6 Å². The van der Waals surface area contributed by atoms with Gasteiger partial charge < -0.3 is 10.2 Å². The van der Waals surface area contributed by atoms with Gasteiger partial charge in [-0.2, -0.15) is 0 Å². The molecule has 4 aliphatic carbocycles. The lowest BCUT2D eigenvalue weighted by molar-refractivity contribution is -0.259. The number of carboxylic acid groups (broad SMARTS) is 1. The predicted molar refractivity (Wildman–Crippen MR) is 132 cm³/mol. The number of aliphatic hydroxyl groups excluding tert-OH is 1. The van der Waals surface area contributed by atoms with Gasteiger partial charge >= 0.3 is 5.97 Å². The van der Waals surface area contributed by atoms with Gasteiger partial charge in [0.2, 0.25) is 5.60 Å². The number of halogens is 2. The lowest BCUT2D eigenvalue weighted by atomic mass is 9.40. The number of alkyl halides is 2. The number of carbonyl (C=O) groups is 2. The number of carbonyl (C=O) groups excluding carboxylic acids is 1. The van der Waals surface area contributed by atoms with Gasteiger partial charge in [0.25, 0.3) is 0 Å². The lowest BCUT2D eigenvalue weighted by Gasteiger charge is -2.66. The number of aryl methyl sites for hydroxylation is 1. The molecule has 1 aromatic carbocycles. The summed E-state index contributed by atoms with van der Waals surface area (Å²) in [5, 5.41) is 23.9. The van der Waals surface area contributed by atoms with Gasteiger partial charge in [-0.1, -0.05) is 37.6 Å². The van der Waals surface area contributed by atoms with E-state index in [2.05, 4.69) is 0 Å². The smallest absolute Gasteiger partial charge is 0.339 e. The fourth-order valence-corrected chi connectivity index (χ4v) is 8.93. The number of hydrogen-bond acceptors (Lipinski definition) is 5. The molecule has 1 saturated heterocycles. The van der Waals surface area contributed by atoms with E-state index in [4.69, 9.17) is 4.84 Å². The molecule has 0 spiro atoms. The third-order valence-electron chi connectivity index (χ3n) is 11.0. The first-order valence-corrected chi connectivity index (χ1v) is 13.0. The van der Waals surface area contributed by atoms with E-state index in [9.17, 15) is 19.8 Å². The van der Waals surface area contributed by atoms with E-state index in [0.717, 1.165) is 17.3 Å². The standard InChI is InChI=1S/C29H33F2NO5/c1-16-5-7-18(8-6-16)32-15-17-13-26(3)22-12-21(30)20-11-19(33)9-10-25(20,2)28(22,31)23(34)14-27(26,4)29(17,37-32)24(35)36/h5-11,17,21-23,34H,12-15H2,1-4H3,(H,35,36)/t17-,21-,22-,23-,25-,26-,27-,28-,29-/m0/s1. The first-order valence-electron chi connectivity index (χ1n) is 13.0. The lowest BCUT2D eigenvalue weighted by Crippen LogP contribution is -2.73. The quantitative estimate of drug-likeness (QED) is 0.606. The molecule has 1 heterocycles. The highest BCUT2D eigenvalue weighted by Gasteiger charge is 2.84. The summed E-state index contributed by atoms with van der Waals surface area (Å²) >= 11 is 0. The maximum absolute atomic E-state index is 17.5. The zero-order chi connectivity index (χ0) is 26.8. The van der Waals surface area contributed by atoms with E-state index in [0.29, 0.717) is 13.0 Å². The number of carboxylic acids is 1. The van der Waals surface area contributed by atoms with Crippen LogP contribution in [0, 0.1) is 35.0 Å². The average Bonchev–Trinajstić information content (AvgIpc) is 3.30. The summed E-state index contributed by atoms with van der Waals surface area (Å²) in [4.78, 5) is 31.5. The normalized spacial score (nSPS) is 48.1. The van der Waals surface area contributed by atoms with Crippen LogP contribution in [0.25, 0.3) is 0 Å². The number of hydroxylamine groups is 1. The van der Waals surface area contributed by atoms with Crippen LogP contribution in [0.2, 0.25) is 0 Å². The van der Waals surface area contributed by atoms with Gasteiger partial charge in [-0.25, -0.2) is 13.6 Å². The second-order valence-electron chi connectivity index (χ2n) is 12.5. The molecule has 6 nitrogen and oxygen atoms in total. The van der Waals surface area contributed by atoms with Crippen LogP contribution in [0.4, 0.5) is 14.5 Å². The highest BCUT2D eigenvalue weighted by atomic mass is 19.1. The number of aliphatic hydroxyl groups is 1. The third-order valence-corrected chi connectivity index (χ3v) is 11.0. The first-order chi connectivity index (χ1) is 17.2. The van der Waals surface area contributed by atoms with E-state index in [-0.39, 0.29) is 18.4 Å². The molecule has 5 aliphatic rings. The molecule has 6 rings (SSSR count). The van der Waals surface area contributed by atoms with Gasteiger partial charge in [-0.05, 0) is 68.4 Å². The zero-order valence-corrected chi connectivity index (χ0v) is 21.5. The molecule has 2 N–H and O–H groups in total. The van der Waals surface area contributed by atoms with E-state index >= 15 is 8.78 Å². The van der Waals surface area contributed by atoms with Gasteiger partial charge in [-0.3, -0.25) is 14.7 Å². The van der Waals surface area contributed by atoms with Crippen LogP contribution in [-0.4, -0.2) is 52.1 Å². The average molecular weight is 514 g/mol. The Hall–Kier alpha value is -2.58. The molecule has 8 heteroatoms. The fraction of sp³-hybridized carbons (Fsp3) is 0.586. The molecular formula is C29H33F2NO5. The maximum Gasteiger partial charge on any atom is 0.339 e. The van der Waals surface area contributed by atoms with E-state index < -0.39 is 63.4 Å². The molecule has 0 aromatic heterocycles. The fourth-order valence-electron chi connectivity index (χ4n) is 8.93. The van der Waals surface area contributed by atoms with Crippen molar-refractivity contribution >= 4 is 17.4 Å². The highest BCUT2D eigenvalue weighted by Crippen LogP contribution is 2.77. The molecule has 0 amide bonds. The molecule has 0 unspecified atom stereocenters. The molecule has 9 atom stereocenters. The topological polar surface area (TPSA) is 87.1 Å². The second-order valence-corrected chi connectivity index (χ2v) is 12.5. The molecule has 37 heavy (non-hydrogen) atoms. The maximum atomic E-state index is 17.5. The van der Waals surface area contributed by atoms with Crippen molar-refractivity contribution in [3.05, 3.63) is 53.6 Å². The molecular weight excluding hydrogens is 480 g/mol. The van der Waals surface area contributed by atoms with Crippen molar-refractivity contribution in [2.75, 3.05) is 11.6 Å². The second kappa shape index (κ2) is 7.29. The van der Waals surface area contributed by atoms with Gasteiger partial charge in [-0.15, -0.1) is 0 Å². The Morgan fingerprint density at radius 3 is 2.49 bits per heavy atom.